The van der Waals surface area contributed by atoms with Gasteiger partial charge in [-0.2, -0.15) is 0 Å². The lowest BCUT2D eigenvalue weighted by atomic mass is 9.89. The van der Waals surface area contributed by atoms with Crippen LogP contribution in [-0.2, 0) is 9.53 Å². The van der Waals surface area contributed by atoms with E-state index in [1.807, 2.05) is 0 Å². The molecule has 0 heterocycles. The zero-order valence-electron chi connectivity index (χ0n) is 10.7. The van der Waals surface area contributed by atoms with Gasteiger partial charge in [-0.15, -0.1) is 0 Å². The van der Waals surface area contributed by atoms with Crippen molar-refractivity contribution < 1.29 is 9.53 Å². The van der Waals surface area contributed by atoms with Crippen molar-refractivity contribution in [2.24, 2.45) is 23.5 Å². The van der Waals surface area contributed by atoms with Gasteiger partial charge in [0, 0.05) is 20.3 Å². The maximum Gasteiger partial charge on any atom is 0.237 e. The summed E-state index contributed by atoms with van der Waals surface area (Å²) in [5.41, 5.74) is 5.77. The van der Waals surface area contributed by atoms with E-state index in [4.69, 9.17) is 10.5 Å². The fourth-order valence-electron chi connectivity index (χ4n) is 3.37. The van der Waals surface area contributed by atoms with Gasteiger partial charge in [0.1, 0.15) is 0 Å². The van der Waals surface area contributed by atoms with Crippen molar-refractivity contribution in [1.29, 1.82) is 0 Å². The smallest absolute Gasteiger partial charge is 0.237 e. The fraction of sp³-hybridized carbons (Fsp3) is 0.923. The van der Waals surface area contributed by atoms with Gasteiger partial charge in [0.05, 0.1) is 6.04 Å². The lowest BCUT2D eigenvalue weighted by Gasteiger charge is -2.22. The molecule has 0 spiro atoms. The van der Waals surface area contributed by atoms with Crippen LogP contribution in [0, 0.1) is 17.8 Å². The predicted octanol–water partition coefficient (Wildman–Crippen LogP) is 0.903. The maximum absolute atomic E-state index is 11.7. The first-order chi connectivity index (χ1) is 8.20. The van der Waals surface area contributed by atoms with Crippen molar-refractivity contribution in [2.45, 2.75) is 38.1 Å². The van der Waals surface area contributed by atoms with E-state index >= 15 is 0 Å². The van der Waals surface area contributed by atoms with E-state index in [0.29, 0.717) is 18.9 Å². The highest BCUT2D eigenvalue weighted by Gasteiger charge is 2.39. The number of fused-ring (bicyclic) bond motifs is 2. The summed E-state index contributed by atoms with van der Waals surface area (Å²) in [5, 5.41) is 3.00. The molecule has 17 heavy (non-hydrogen) atoms. The number of hydrogen-bond donors (Lipinski definition) is 2. The third-order valence-corrected chi connectivity index (χ3v) is 4.39. The zero-order chi connectivity index (χ0) is 12.3. The first kappa shape index (κ1) is 12.8. The number of carbonyl (C=O) groups excluding carboxylic acids is 1. The van der Waals surface area contributed by atoms with Crippen LogP contribution in [0.3, 0.4) is 0 Å². The van der Waals surface area contributed by atoms with Crippen molar-refractivity contribution in [3.63, 3.8) is 0 Å². The Labute approximate surface area is 103 Å². The molecule has 3 N–H and O–H groups in total. The number of methoxy groups -OCH3 is 1. The van der Waals surface area contributed by atoms with Crippen molar-refractivity contribution >= 4 is 5.91 Å². The van der Waals surface area contributed by atoms with Crippen molar-refractivity contribution in [1.82, 2.24) is 5.32 Å². The van der Waals surface area contributed by atoms with Gasteiger partial charge in [0.2, 0.25) is 5.91 Å². The molecule has 2 bridgehead atoms. The molecule has 0 aromatic rings. The van der Waals surface area contributed by atoms with Crippen molar-refractivity contribution in [3.8, 4) is 0 Å². The quantitative estimate of drug-likeness (QED) is 0.725. The second kappa shape index (κ2) is 5.83. The van der Waals surface area contributed by atoms with Crippen molar-refractivity contribution in [3.05, 3.63) is 0 Å². The van der Waals surface area contributed by atoms with Crippen molar-refractivity contribution in [2.75, 3.05) is 20.3 Å². The molecular weight excluding hydrogens is 216 g/mol. The largest absolute Gasteiger partial charge is 0.385 e. The monoisotopic (exact) mass is 240 g/mol. The van der Waals surface area contributed by atoms with Crippen LogP contribution in [0.15, 0.2) is 0 Å². The molecule has 2 saturated carbocycles. The molecule has 1 amide bonds. The van der Waals surface area contributed by atoms with Crippen LogP contribution < -0.4 is 11.1 Å². The number of ether oxygens (including phenoxy) is 1. The highest BCUT2D eigenvalue weighted by molar-refractivity contribution is 5.81. The van der Waals surface area contributed by atoms with Crippen LogP contribution in [-0.4, -0.2) is 32.2 Å². The summed E-state index contributed by atoms with van der Waals surface area (Å²) in [7, 11) is 1.62. The van der Waals surface area contributed by atoms with E-state index in [0.717, 1.165) is 18.4 Å². The summed E-state index contributed by atoms with van der Waals surface area (Å²) in [6, 6.07) is -0.423. The first-order valence-corrected chi connectivity index (χ1v) is 6.73. The minimum absolute atomic E-state index is 0.0233. The SMILES string of the molecule is COCCC(N)C(=O)NCC1CC2CCC1C2. The van der Waals surface area contributed by atoms with E-state index in [-0.39, 0.29) is 5.91 Å². The topological polar surface area (TPSA) is 64.3 Å². The first-order valence-electron chi connectivity index (χ1n) is 6.73. The summed E-state index contributed by atoms with van der Waals surface area (Å²) in [6.45, 7) is 1.36. The highest BCUT2D eigenvalue weighted by Crippen LogP contribution is 2.47. The minimum Gasteiger partial charge on any atom is -0.385 e. The molecule has 0 saturated heterocycles. The molecule has 4 unspecified atom stereocenters. The number of rotatable bonds is 6. The van der Waals surface area contributed by atoms with E-state index in [1.165, 1.54) is 25.7 Å². The van der Waals surface area contributed by atoms with Gasteiger partial charge in [-0.25, -0.2) is 0 Å². The average Bonchev–Trinajstić information content (AvgIpc) is 2.94. The Morgan fingerprint density at radius 3 is 2.88 bits per heavy atom. The maximum atomic E-state index is 11.7. The summed E-state index contributed by atoms with van der Waals surface area (Å²) in [5.74, 6) is 2.47. The van der Waals surface area contributed by atoms with Crippen LogP contribution >= 0.6 is 0 Å². The summed E-state index contributed by atoms with van der Waals surface area (Å²) in [4.78, 5) is 11.7. The summed E-state index contributed by atoms with van der Waals surface area (Å²) in [6.07, 6.45) is 6.05. The van der Waals surface area contributed by atoms with Crippen LogP contribution in [0.25, 0.3) is 0 Å². The second-order valence-electron chi connectivity index (χ2n) is 5.57. The third-order valence-electron chi connectivity index (χ3n) is 4.39. The molecule has 4 atom stereocenters. The van der Waals surface area contributed by atoms with Crippen LogP contribution in [0.4, 0.5) is 0 Å². The molecule has 2 aliphatic rings. The molecule has 0 radical (unpaired) electrons. The molecule has 2 rings (SSSR count). The number of nitrogens with two attached hydrogens (primary N) is 1. The number of hydrogen-bond acceptors (Lipinski definition) is 3. The lowest BCUT2D eigenvalue weighted by molar-refractivity contribution is -0.123. The van der Waals surface area contributed by atoms with Gasteiger partial charge in [-0.05, 0) is 43.4 Å². The molecule has 2 aliphatic carbocycles. The minimum atomic E-state index is -0.423. The Morgan fingerprint density at radius 1 is 1.47 bits per heavy atom. The van der Waals surface area contributed by atoms with Gasteiger partial charge >= 0.3 is 0 Å². The van der Waals surface area contributed by atoms with E-state index < -0.39 is 6.04 Å². The lowest BCUT2D eigenvalue weighted by Crippen LogP contribution is -2.43. The van der Waals surface area contributed by atoms with E-state index in [2.05, 4.69) is 5.32 Å². The number of amides is 1. The fourth-order valence-corrected chi connectivity index (χ4v) is 3.37. The Morgan fingerprint density at radius 2 is 2.29 bits per heavy atom. The predicted molar refractivity (Wildman–Crippen MR) is 66.4 cm³/mol. The summed E-state index contributed by atoms with van der Waals surface area (Å²) >= 11 is 0. The Bertz CT molecular complexity index is 270. The zero-order valence-corrected chi connectivity index (χ0v) is 10.7. The standard InChI is InChI=1S/C13H24N2O2/c1-17-5-4-12(14)13(16)15-8-11-7-9-2-3-10(11)6-9/h9-12H,2-8,14H2,1H3,(H,15,16). The van der Waals surface area contributed by atoms with Gasteiger partial charge in [-0.1, -0.05) is 6.42 Å². The molecule has 0 aromatic carbocycles. The van der Waals surface area contributed by atoms with E-state index in [1.54, 1.807) is 7.11 Å². The molecule has 0 aromatic heterocycles. The molecule has 4 heteroatoms. The van der Waals surface area contributed by atoms with Crippen LogP contribution in [0.1, 0.15) is 32.1 Å². The van der Waals surface area contributed by atoms with Gasteiger partial charge in [0.25, 0.3) is 0 Å². The Hall–Kier alpha value is -0.610. The third kappa shape index (κ3) is 3.19. The average molecular weight is 240 g/mol. The summed E-state index contributed by atoms with van der Waals surface area (Å²) < 4.78 is 4.92. The Balaban J connectivity index is 1.66. The molecule has 4 nitrogen and oxygen atoms in total. The highest BCUT2D eigenvalue weighted by atomic mass is 16.5. The van der Waals surface area contributed by atoms with Gasteiger partial charge < -0.3 is 15.8 Å². The van der Waals surface area contributed by atoms with Crippen LogP contribution in [0.5, 0.6) is 0 Å². The van der Waals surface area contributed by atoms with Gasteiger partial charge in [-0.3, -0.25) is 4.79 Å². The molecule has 2 fully saturated rings. The van der Waals surface area contributed by atoms with Crippen LogP contribution in [0.2, 0.25) is 0 Å². The Kier molecular flexibility index (Phi) is 4.40. The normalized spacial score (nSPS) is 32.7. The molecule has 98 valence electrons. The second-order valence-corrected chi connectivity index (χ2v) is 5.57. The molecular formula is C13H24N2O2. The number of nitrogens with one attached hydrogen (secondary N) is 1. The van der Waals surface area contributed by atoms with E-state index in [9.17, 15) is 4.79 Å². The number of carbonyl (C=O) groups is 1. The van der Waals surface area contributed by atoms with Gasteiger partial charge in [0.15, 0.2) is 0 Å². The molecule has 0 aliphatic heterocycles.